The topological polar surface area (TPSA) is 77.9 Å². The first-order chi connectivity index (χ1) is 9.55. The summed E-state index contributed by atoms with van der Waals surface area (Å²) >= 11 is 0. The van der Waals surface area contributed by atoms with Gasteiger partial charge in [0.25, 0.3) is 0 Å². The lowest BCUT2D eigenvalue weighted by Gasteiger charge is -2.44. The van der Waals surface area contributed by atoms with Crippen molar-refractivity contribution in [3.05, 3.63) is 0 Å². The third-order valence-electron chi connectivity index (χ3n) is 5.08. The van der Waals surface area contributed by atoms with Crippen LogP contribution in [0.2, 0.25) is 0 Å². The zero-order chi connectivity index (χ0) is 15.9. The lowest BCUT2D eigenvalue weighted by molar-refractivity contribution is -0.134. The van der Waals surface area contributed by atoms with E-state index in [2.05, 4.69) is 0 Å². The van der Waals surface area contributed by atoms with E-state index in [4.69, 9.17) is 0 Å². The van der Waals surface area contributed by atoms with Crippen LogP contribution >= 0.6 is 0 Å². The second kappa shape index (κ2) is 5.52. The molecule has 1 amide bonds. The number of aliphatic hydroxyl groups is 1. The maximum atomic E-state index is 11.7. The predicted octanol–water partition coefficient (Wildman–Crippen LogP) is -0.131. The van der Waals surface area contributed by atoms with Gasteiger partial charge in [-0.2, -0.15) is 0 Å². The Bertz CT molecular complexity index is 511. The van der Waals surface area contributed by atoms with E-state index in [0.29, 0.717) is 38.9 Å². The second-order valence-corrected chi connectivity index (χ2v) is 9.11. The maximum Gasteiger partial charge on any atom is 0.219 e. The molecule has 1 atom stereocenters. The van der Waals surface area contributed by atoms with Crippen molar-refractivity contribution in [3.63, 3.8) is 0 Å². The Hall–Kier alpha value is -0.660. The fourth-order valence-electron chi connectivity index (χ4n) is 3.32. The van der Waals surface area contributed by atoms with Crippen molar-refractivity contribution in [3.8, 4) is 0 Å². The van der Waals surface area contributed by atoms with E-state index < -0.39 is 21.0 Å². The Labute approximate surface area is 127 Å². The van der Waals surface area contributed by atoms with Gasteiger partial charge in [0.1, 0.15) is 0 Å². The highest BCUT2D eigenvalue weighted by Crippen LogP contribution is 2.32. The highest BCUT2D eigenvalue weighted by atomic mass is 32.2. The molecule has 0 aromatic rings. The van der Waals surface area contributed by atoms with Crippen molar-refractivity contribution < 1.29 is 18.3 Å². The minimum atomic E-state index is -2.96. The molecule has 1 N–H and O–H groups in total. The van der Waals surface area contributed by atoms with E-state index >= 15 is 0 Å². The highest BCUT2D eigenvalue weighted by molar-refractivity contribution is 7.91. The first-order valence-corrected chi connectivity index (χ1v) is 9.27. The monoisotopic (exact) mass is 318 g/mol. The van der Waals surface area contributed by atoms with Crippen molar-refractivity contribution in [2.24, 2.45) is 0 Å². The van der Waals surface area contributed by atoms with Gasteiger partial charge in [0.2, 0.25) is 5.91 Å². The summed E-state index contributed by atoms with van der Waals surface area (Å²) < 4.78 is 23.4. The number of carbonyl (C=O) groups excluding carboxylic acids is 1. The summed E-state index contributed by atoms with van der Waals surface area (Å²) in [6, 6.07) is 0. The van der Waals surface area contributed by atoms with Gasteiger partial charge in [0.05, 0.1) is 17.1 Å². The Balaban J connectivity index is 1.97. The molecule has 2 heterocycles. The molecule has 6 nitrogen and oxygen atoms in total. The lowest BCUT2D eigenvalue weighted by atomic mass is 9.88. The van der Waals surface area contributed by atoms with Crippen molar-refractivity contribution in [1.82, 2.24) is 9.80 Å². The number of likely N-dealkylation sites (N-methyl/N-ethyl adjacent to an activating group) is 1. The Morgan fingerprint density at radius 1 is 1.29 bits per heavy atom. The quantitative estimate of drug-likeness (QED) is 0.784. The minimum absolute atomic E-state index is 0.0410. The molecule has 0 radical (unpaired) electrons. The third kappa shape index (κ3) is 3.76. The van der Waals surface area contributed by atoms with Crippen LogP contribution in [-0.4, -0.2) is 78.6 Å². The standard InChI is InChI=1S/C14H26N2O4S/c1-12(17)16-7-4-14(18,5-8-16)10-15(3)13(2)6-9-21(19,20)11-13/h18H,4-11H2,1-3H3. The van der Waals surface area contributed by atoms with E-state index in [-0.39, 0.29) is 17.4 Å². The van der Waals surface area contributed by atoms with E-state index in [9.17, 15) is 18.3 Å². The van der Waals surface area contributed by atoms with Crippen LogP contribution < -0.4 is 0 Å². The van der Waals surface area contributed by atoms with Crippen LogP contribution in [0.3, 0.4) is 0 Å². The van der Waals surface area contributed by atoms with Crippen LogP contribution in [0.5, 0.6) is 0 Å². The van der Waals surface area contributed by atoms with Gasteiger partial charge >= 0.3 is 0 Å². The minimum Gasteiger partial charge on any atom is -0.388 e. The smallest absolute Gasteiger partial charge is 0.219 e. The molecule has 2 fully saturated rings. The summed E-state index contributed by atoms with van der Waals surface area (Å²) in [4.78, 5) is 15.1. The van der Waals surface area contributed by atoms with Crippen molar-refractivity contribution >= 4 is 15.7 Å². The SMILES string of the molecule is CC(=O)N1CCC(O)(CN(C)C2(C)CCS(=O)(=O)C2)CC1. The first-order valence-electron chi connectivity index (χ1n) is 7.45. The van der Waals surface area contributed by atoms with Gasteiger partial charge in [0.15, 0.2) is 9.84 Å². The molecule has 1 unspecified atom stereocenters. The summed E-state index contributed by atoms with van der Waals surface area (Å²) in [5.41, 5.74) is -1.23. The molecule has 2 aliphatic rings. The largest absolute Gasteiger partial charge is 0.388 e. The van der Waals surface area contributed by atoms with Crippen molar-refractivity contribution in [1.29, 1.82) is 0 Å². The normalized spacial score (nSPS) is 31.6. The predicted molar refractivity (Wildman–Crippen MR) is 80.7 cm³/mol. The zero-order valence-corrected chi connectivity index (χ0v) is 13.9. The molecular formula is C14H26N2O4S. The number of sulfone groups is 1. The van der Waals surface area contributed by atoms with Gasteiger partial charge < -0.3 is 10.0 Å². The van der Waals surface area contributed by atoms with E-state index in [1.54, 1.807) is 11.8 Å². The highest BCUT2D eigenvalue weighted by Gasteiger charge is 2.44. The van der Waals surface area contributed by atoms with Gasteiger partial charge in [-0.3, -0.25) is 9.69 Å². The Kier molecular flexibility index (Phi) is 4.39. The molecule has 0 saturated carbocycles. The molecule has 2 aliphatic heterocycles. The molecule has 0 aromatic carbocycles. The number of β-amino-alcohol motifs (C(OH)–C–C–N with tert-alkyl or cyclic N) is 1. The summed E-state index contributed by atoms with van der Waals surface area (Å²) in [7, 11) is -1.07. The Morgan fingerprint density at radius 3 is 2.29 bits per heavy atom. The summed E-state index contributed by atoms with van der Waals surface area (Å²) in [5, 5.41) is 10.7. The summed E-state index contributed by atoms with van der Waals surface area (Å²) in [6.45, 7) is 5.07. The number of rotatable bonds is 3. The molecule has 2 saturated heterocycles. The molecule has 2 rings (SSSR count). The Morgan fingerprint density at radius 2 is 1.86 bits per heavy atom. The van der Waals surface area contributed by atoms with Gasteiger partial charge in [-0.15, -0.1) is 0 Å². The van der Waals surface area contributed by atoms with Crippen LogP contribution in [0.25, 0.3) is 0 Å². The maximum absolute atomic E-state index is 11.7. The average molecular weight is 318 g/mol. The lowest BCUT2D eigenvalue weighted by Crippen LogP contribution is -2.56. The second-order valence-electron chi connectivity index (χ2n) is 6.93. The molecular weight excluding hydrogens is 292 g/mol. The number of hydrogen-bond acceptors (Lipinski definition) is 5. The van der Waals surface area contributed by atoms with Crippen LogP contribution in [0.1, 0.15) is 33.1 Å². The van der Waals surface area contributed by atoms with Crippen LogP contribution in [0.15, 0.2) is 0 Å². The molecule has 21 heavy (non-hydrogen) atoms. The molecule has 0 aromatic heterocycles. The molecule has 0 spiro atoms. The zero-order valence-electron chi connectivity index (χ0n) is 13.1. The summed E-state index contributed by atoms with van der Waals surface area (Å²) in [6.07, 6.45) is 1.70. The average Bonchev–Trinajstić information content (AvgIpc) is 2.65. The summed E-state index contributed by atoms with van der Waals surface area (Å²) in [5.74, 6) is 0.426. The van der Waals surface area contributed by atoms with Gasteiger partial charge in [-0.25, -0.2) is 8.42 Å². The number of nitrogens with zero attached hydrogens (tertiary/aromatic N) is 2. The van der Waals surface area contributed by atoms with E-state index in [1.165, 1.54) is 0 Å². The van der Waals surface area contributed by atoms with Crippen molar-refractivity contribution in [2.45, 2.75) is 44.2 Å². The molecule has 0 aliphatic carbocycles. The molecule has 0 bridgehead atoms. The number of likely N-dealkylation sites (tertiary alicyclic amines) is 1. The van der Waals surface area contributed by atoms with Gasteiger partial charge in [-0.05, 0) is 33.2 Å². The van der Waals surface area contributed by atoms with Crippen LogP contribution in [-0.2, 0) is 14.6 Å². The van der Waals surface area contributed by atoms with E-state index in [1.807, 2.05) is 18.9 Å². The molecule has 122 valence electrons. The fourth-order valence-corrected chi connectivity index (χ4v) is 5.53. The number of hydrogen-bond donors (Lipinski definition) is 1. The van der Waals surface area contributed by atoms with Crippen molar-refractivity contribution in [2.75, 3.05) is 38.2 Å². The van der Waals surface area contributed by atoms with Crippen LogP contribution in [0, 0.1) is 0 Å². The number of carbonyl (C=O) groups is 1. The van der Waals surface area contributed by atoms with Crippen LogP contribution in [0.4, 0.5) is 0 Å². The van der Waals surface area contributed by atoms with Gasteiger partial charge in [0, 0.05) is 32.1 Å². The van der Waals surface area contributed by atoms with Gasteiger partial charge in [-0.1, -0.05) is 0 Å². The van der Waals surface area contributed by atoms with E-state index in [0.717, 1.165) is 0 Å². The molecule has 7 heteroatoms. The fraction of sp³-hybridized carbons (Fsp3) is 0.929. The first kappa shape index (κ1) is 16.7. The third-order valence-corrected chi connectivity index (χ3v) is 6.96. The number of piperidine rings is 1. The number of amides is 1.